The van der Waals surface area contributed by atoms with Crippen LogP contribution in [0.1, 0.15) is 19.3 Å². The normalized spacial score (nSPS) is 22.9. The molecular weight excluding hydrogens is 274 g/mol. The lowest BCUT2D eigenvalue weighted by Crippen LogP contribution is -2.60. The topological polar surface area (TPSA) is 73.3 Å². The van der Waals surface area contributed by atoms with Gasteiger partial charge in [0.2, 0.25) is 0 Å². The number of morpholine rings is 1. The van der Waals surface area contributed by atoms with Gasteiger partial charge < -0.3 is 19.6 Å². The van der Waals surface area contributed by atoms with Crippen LogP contribution in [0.15, 0.2) is 0 Å². The molecule has 7 nitrogen and oxygen atoms in total. The molecule has 2 aliphatic heterocycles. The first-order valence-electron chi connectivity index (χ1n) is 7.45. The van der Waals surface area contributed by atoms with E-state index in [1.807, 2.05) is 0 Å². The molecular formula is C14H25N3O4. The van der Waals surface area contributed by atoms with Crippen molar-refractivity contribution >= 4 is 12.0 Å². The van der Waals surface area contributed by atoms with Gasteiger partial charge in [0.25, 0.3) is 0 Å². The number of nitrogens with zero attached hydrogens (tertiary/aromatic N) is 3. The molecule has 2 saturated heterocycles. The van der Waals surface area contributed by atoms with E-state index in [2.05, 4.69) is 4.90 Å². The molecule has 0 bridgehead atoms. The quantitative estimate of drug-likeness (QED) is 0.812. The van der Waals surface area contributed by atoms with E-state index in [0.717, 1.165) is 13.1 Å². The van der Waals surface area contributed by atoms with Gasteiger partial charge in [0, 0.05) is 45.8 Å². The second kappa shape index (κ2) is 6.62. The third-order valence-corrected chi connectivity index (χ3v) is 4.51. The average molecular weight is 299 g/mol. The molecule has 2 fully saturated rings. The van der Waals surface area contributed by atoms with Crippen LogP contribution in [0, 0.1) is 0 Å². The Balaban J connectivity index is 2.05. The summed E-state index contributed by atoms with van der Waals surface area (Å²) in [6.07, 6.45) is 1.55. The summed E-state index contributed by atoms with van der Waals surface area (Å²) in [6.45, 7) is 4.08. The van der Waals surface area contributed by atoms with Crippen LogP contribution in [-0.4, -0.2) is 90.8 Å². The summed E-state index contributed by atoms with van der Waals surface area (Å²) < 4.78 is 5.37. The molecule has 1 N–H and O–H groups in total. The number of ether oxygens (including phenoxy) is 1. The van der Waals surface area contributed by atoms with Crippen molar-refractivity contribution in [3.63, 3.8) is 0 Å². The molecule has 0 spiro atoms. The molecule has 0 radical (unpaired) electrons. The lowest BCUT2D eigenvalue weighted by atomic mass is 9.82. The van der Waals surface area contributed by atoms with E-state index in [4.69, 9.17) is 4.74 Å². The maximum absolute atomic E-state index is 12.0. The van der Waals surface area contributed by atoms with Crippen LogP contribution >= 0.6 is 0 Å². The Labute approximate surface area is 125 Å². The minimum atomic E-state index is -0.770. The van der Waals surface area contributed by atoms with E-state index in [9.17, 15) is 14.7 Å². The van der Waals surface area contributed by atoms with Crippen molar-refractivity contribution in [2.24, 2.45) is 0 Å². The average Bonchev–Trinajstić information content (AvgIpc) is 2.47. The highest BCUT2D eigenvalue weighted by Crippen LogP contribution is 2.33. The minimum Gasteiger partial charge on any atom is -0.481 e. The number of hydrogen-bond donors (Lipinski definition) is 1. The summed E-state index contributed by atoms with van der Waals surface area (Å²) >= 11 is 0. The standard InChI is InChI=1S/C14H25N3O4/c1-15(2)13(20)16-5-3-14(4-6-16,11-12(18)19)17-7-9-21-10-8-17/h3-11H2,1-2H3,(H,18,19). The molecule has 0 unspecified atom stereocenters. The number of rotatable bonds is 3. The van der Waals surface area contributed by atoms with Crippen molar-refractivity contribution < 1.29 is 19.4 Å². The highest BCUT2D eigenvalue weighted by atomic mass is 16.5. The number of carbonyl (C=O) groups excluding carboxylic acids is 1. The van der Waals surface area contributed by atoms with Crippen LogP contribution in [0.5, 0.6) is 0 Å². The number of carboxylic acid groups (broad SMARTS) is 1. The SMILES string of the molecule is CN(C)C(=O)N1CCC(CC(=O)O)(N2CCOCC2)CC1. The second-order valence-corrected chi connectivity index (χ2v) is 6.06. The molecule has 2 amide bonds. The zero-order valence-corrected chi connectivity index (χ0v) is 12.9. The van der Waals surface area contributed by atoms with E-state index in [0.29, 0.717) is 39.1 Å². The maximum Gasteiger partial charge on any atom is 0.319 e. The fraction of sp³-hybridized carbons (Fsp3) is 0.857. The number of carbonyl (C=O) groups is 2. The predicted octanol–water partition coefficient (Wildman–Crippen LogP) is 0.310. The summed E-state index contributed by atoms with van der Waals surface area (Å²) in [5.41, 5.74) is -0.335. The molecule has 0 aromatic carbocycles. The van der Waals surface area contributed by atoms with Gasteiger partial charge in [-0.15, -0.1) is 0 Å². The molecule has 0 atom stereocenters. The number of amides is 2. The van der Waals surface area contributed by atoms with Gasteiger partial charge in [-0.1, -0.05) is 0 Å². The van der Waals surface area contributed by atoms with Crippen LogP contribution in [-0.2, 0) is 9.53 Å². The fourth-order valence-corrected chi connectivity index (χ4v) is 3.32. The number of carboxylic acids is 1. The van der Waals surface area contributed by atoms with E-state index < -0.39 is 5.97 Å². The van der Waals surface area contributed by atoms with Crippen molar-refractivity contribution in [1.82, 2.24) is 14.7 Å². The first kappa shape index (κ1) is 16.0. The van der Waals surface area contributed by atoms with Gasteiger partial charge in [0.05, 0.1) is 19.6 Å². The van der Waals surface area contributed by atoms with E-state index in [-0.39, 0.29) is 18.0 Å². The molecule has 120 valence electrons. The van der Waals surface area contributed by atoms with Crippen molar-refractivity contribution in [3.8, 4) is 0 Å². The summed E-state index contributed by atoms with van der Waals surface area (Å²) in [6, 6.07) is 0.000836. The Morgan fingerprint density at radius 1 is 1.14 bits per heavy atom. The molecule has 2 heterocycles. The van der Waals surface area contributed by atoms with E-state index in [1.54, 1.807) is 23.9 Å². The molecule has 7 heteroatoms. The van der Waals surface area contributed by atoms with E-state index >= 15 is 0 Å². The van der Waals surface area contributed by atoms with E-state index in [1.165, 1.54) is 0 Å². The van der Waals surface area contributed by atoms with Gasteiger partial charge >= 0.3 is 12.0 Å². The Morgan fingerprint density at radius 2 is 1.71 bits per heavy atom. The highest BCUT2D eigenvalue weighted by Gasteiger charge is 2.43. The van der Waals surface area contributed by atoms with Crippen molar-refractivity contribution in [2.75, 3.05) is 53.5 Å². The van der Waals surface area contributed by atoms with Crippen LogP contribution in [0.4, 0.5) is 4.79 Å². The third-order valence-electron chi connectivity index (χ3n) is 4.51. The number of likely N-dealkylation sites (tertiary alicyclic amines) is 1. The number of aliphatic carboxylic acids is 1. The second-order valence-electron chi connectivity index (χ2n) is 6.06. The van der Waals surface area contributed by atoms with Crippen LogP contribution < -0.4 is 0 Å². The first-order chi connectivity index (χ1) is 9.94. The fourth-order valence-electron chi connectivity index (χ4n) is 3.32. The summed E-state index contributed by atoms with van der Waals surface area (Å²) in [5.74, 6) is -0.770. The summed E-state index contributed by atoms with van der Waals surface area (Å²) in [7, 11) is 3.48. The Morgan fingerprint density at radius 3 is 2.19 bits per heavy atom. The molecule has 0 saturated carbocycles. The summed E-state index contributed by atoms with van der Waals surface area (Å²) in [5, 5.41) is 9.28. The zero-order chi connectivity index (χ0) is 15.5. The van der Waals surface area contributed by atoms with Crippen LogP contribution in [0.25, 0.3) is 0 Å². The molecule has 2 rings (SSSR count). The highest BCUT2D eigenvalue weighted by molar-refractivity contribution is 5.74. The van der Waals surface area contributed by atoms with Crippen molar-refractivity contribution in [2.45, 2.75) is 24.8 Å². The smallest absolute Gasteiger partial charge is 0.319 e. The van der Waals surface area contributed by atoms with Crippen LogP contribution in [0.2, 0.25) is 0 Å². The van der Waals surface area contributed by atoms with Crippen molar-refractivity contribution in [3.05, 3.63) is 0 Å². The van der Waals surface area contributed by atoms with Gasteiger partial charge in [-0.05, 0) is 12.8 Å². The van der Waals surface area contributed by atoms with Gasteiger partial charge in [0.15, 0.2) is 0 Å². The van der Waals surface area contributed by atoms with Crippen LogP contribution in [0.3, 0.4) is 0 Å². The monoisotopic (exact) mass is 299 g/mol. The number of urea groups is 1. The molecule has 0 aromatic heterocycles. The molecule has 0 aromatic rings. The first-order valence-corrected chi connectivity index (χ1v) is 7.45. The summed E-state index contributed by atoms with van der Waals surface area (Å²) in [4.78, 5) is 28.9. The number of hydrogen-bond acceptors (Lipinski definition) is 4. The molecule has 0 aliphatic carbocycles. The lowest BCUT2D eigenvalue weighted by Gasteiger charge is -2.49. The Kier molecular flexibility index (Phi) is 5.05. The minimum absolute atomic E-state index is 0.000836. The predicted molar refractivity (Wildman–Crippen MR) is 77.3 cm³/mol. The van der Waals surface area contributed by atoms with Crippen molar-refractivity contribution in [1.29, 1.82) is 0 Å². The van der Waals surface area contributed by atoms with Gasteiger partial charge in [0.1, 0.15) is 0 Å². The van der Waals surface area contributed by atoms with Gasteiger partial charge in [-0.2, -0.15) is 0 Å². The Bertz CT molecular complexity index is 386. The largest absolute Gasteiger partial charge is 0.481 e. The van der Waals surface area contributed by atoms with Gasteiger partial charge in [-0.25, -0.2) is 4.79 Å². The molecule has 21 heavy (non-hydrogen) atoms. The third kappa shape index (κ3) is 3.65. The number of piperidine rings is 1. The Hall–Kier alpha value is -1.34. The molecule has 2 aliphatic rings. The van der Waals surface area contributed by atoms with Gasteiger partial charge in [-0.3, -0.25) is 9.69 Å². The maximum atomic E-state index is 12.0. The zero-order valence-electron chi connectivity index (χ0n) is 12.9. The lowest BCUT2D eigenvalue weighted by molar-refractivity contribution is -0.143.